The predicted molar refractivity (Wildman–Crippen MR) is 98.3 cm³/mol. The zero-order chi connectivity index (χ0) is 18.1. The fraction of sp³-hybridized carbons (Fsp3) is 0.111. The average molecular weight is 388 g/mol. The van der Waals surface area contributed by atoms with Crippen LogP contribution in [0.1, 0.15) is 16.8 Å². The molecule has 130 valence electrons. The standard InChI is InChI=1S/C18H11ClFN3O2S/c19-13-8-11(1-2-14(13)20)25-9-10-7-15(24)12-3-4-21-17(16(12)23-10)18-22-5-6-26-18/h1-6,8H,7,9H2. The summed E-state index contributed by atoms with van der Waals surface area (Å²) in [5.41, 5.74) is 2.18. The molecular formula is C18H11ClFN3O2S. The zero-order valence-corrected chi connectivity index (χ0v) is 14.9. The number of ketones is 1. The van der Waals surface area contributed by atoms with Gasteiger partial charge in [0.1, 0.15) is 34.6 Å². The molecule has 0 unspecified atom stereocenters. The first-order chi connectivity index (χ1) is 12.6. The summed E-state index contributed by atoms with van der Waals surface area (Å²) in [5.74, 6) is -0.160. The first-order valence-corrected chi connectivity index (χ1v) is 8.94. The van der Waals surface area contributed by atoms with Crippen LogP contribution in [0.3, 0.4) is 0 Å². The summed E-state index contributed by atoms with van der Waals surface area (Å²) in [6, 6.07) is 5.75. The van der Waals surface area contributed by atoms with Crippen molar-refractivity contribution in [2.45, 2.75) is 6.42 Å². The lowest BCUT2D eigenvalue weighted by atomic mass is 10.0. The normalized spacial score (nSPS) is 13.3. The highest BCUT2D eigenvalue weighted by Gasteiger charge is 2.24. The molecule has 3 heterocycles. The predicted octanol–water partition coefficient (Wildman–Crippen LogP) is 4.74. The van der Waals surface area contributed by atoms with E-state index in [1.54, 1.807) is 18.5 Å². The highest BCUT2D eigenvalue weighted by Crippen LogP contribution is 2.35. The van der Waals surface area contributed by atoms with Gasteiger partial charge >= 0.3 is 0 Å². The number of benzene rings is 1. The smallest absolute Gasteiger partial charge is 0.170 e. The number of Topliss-reactive ketones (excluding diaryl/α,β-unsaturated/α-hetero) is 1. The lowest BCUT2D eigenvalue weighted by molar-refractivity contribution is 0.0998. The number of carbonyl (C=O) groups excluding carboxylic acids is 1. The Labute approximate surface area is 157 Å². The summed E-state index contributed by atoms with van der Waals surface area (Å²) in [7, 11) is 0. The quantitative estimate of drug-likeness (QED) is 0.648. The fourth-order valence-corrected chi connectivity index (χ4v) is 3.39. The molecule has 0 aliphatic carbocycles. The first kappa shape index (κ1) is 16.8. The van der Waals surface area contributed by atoms with Gasteiger partial charge in [-0.3, -0.25) is 14.8 Å². The van der Waals surface area contributed by atoms with E-state index < -0.39 is 5.82 Å². The van der Waals surface area contributed by atoms with Crippen molar-refractivity contribution in [3.8, 4) is 16.5 Å². The summed E-state index contributed by atoms with van der Waals surface area (Å²) in [6.45, 7) is 0.0966. The minimum Gasteiger partial charge on any atom is -0.488 e. The summed E-state index contributed by atoms with van der Waals surface area (Å²) in [4.78, 5) is 25.6. The lowest BCUT2D eigenvalue weighted by Gasteiger charge is -2.16. The molecule has 0 atom stereocenters. The topological polar surface area (TPSA) is 64.4 Å². The van der Waals surface area contributed by atoms with Gasteiger partial charge in [0, 0.05) is 29.4 Å². The van der Waals surface area contributed by atoms with Crippen molar-refractivity contribution in [2.75, 3.05) is 6.61 Å². The van der Waals surface area contributed by atoms with Crippen molar-refractivity contribution >= 4 is 40.1 Å². The van der Waals surface area contributed by atoms with Gasteiger partial charge in [-0.05, 0) is 18.2 Å². The maximum atomic E-state index is 13.2. The van der Waals surface area contributed by atoms with E-state index in [0.717, 1.165) is 0 Å². The van der Waals surface area contributed by atoms with Crippen LogP contribution in [-0.4, -0.2) is 28.1 Å². The van der Waals surface area contributed by atoms with E-state index in [4.69, 9.17) is 16.3 Å². The summed E-state index contributed by atoms with van der Waals surface area (Å²) in [6.07, 6.45) is 3.42. The molecule has 2 aromatic heterocycles. The molecule has 1 aromatic carbocycles. The van der Waals surface area contributed by atoms with Crippen LogP contribution in [-0.2, 0) is 0 Å². The van der Waals surface area contributed by atoms with E-state index in [1.165, 1.54) is 29.5 Å². The molecule has 0 bridgehead atoms. The molecule has 0 amide bonds. The Bertz CT molecular complexity index is 1020. The van der Waals surface area contributed by atoms with E-state index in [0.29, 0.717) is 33.4 Å². The van der Waals surface area contributed by atoms with Crippen LogP contribution in [0.2, 0.25) is 5.02 Å². The summed E-state index contributed by atoms with van der Waals surface area (Å²) in [5, 5.41) is 2.52. The molecule has 0 radical (unpaired) electrons. The van der Waals surface area contributed by atoms with Gasteiger partial charge in [-0.15, -0.1) is 11.3 Å². The second kappa shape index (κ2) is 6.93. The number of aliphatic imine (C=N–C) groups is 1. The van der Waals surface area contributed by atoms with Crippen molar-refractivity contribution in [1.82, 2.24) is 9.97 Å². The molecule has 0 saturated heterocycles. The van der Waals surface area contributed by atoms with Crippen LogP contribution in [0.4, 0.5) is 10.1 Å². The molecule has 1 aliphatic heterocycles. The van der Waals surface area contributed by atoms with Crippen molar-refractivity contribution in [3.05, 3.63) is 58.4 Å². The number of fused-ring (bicyclic) bond motifs is 1. The summed E-state index contributed by atoms with van der Waals surface area (Å²) < 4.78 is 18.8. The van der Waals surface area contributed by atoms with Crippen molar-refractivity contribution in [1.29, 1.82) is 0 Å². The van der Waals surface area contributed by atoms with E-state index in [2.05, 4.69) is 15.0 Å². The molecule has 0 saturated carbocycles. The zero-order valence-electron chi connectivity index (χ0n) is 13.3. The third kappa shape index (κ3) is 3.23. The monoisotopic (exact) mass is 387 g/mol. The molecular weight excluding hydrogens is 377 g/mol. The van der Waals surface area contributed by atoms with E-state index in [9.17, 15) is 9.18 Å². The number of carbonyl (C=O) groups is 1. The van der Waals surface area contributed by atoms with Gasteiger partial charge < -0.3 is 4.74 Å². The van der Waals surface area contributed by atoms with Crippen molar-refractivity contribution in [2.24, 2.45) is 4.99 Å². The van der Waals surface area contributed by atoms with Gasteiger partial charge in [-0.2, -0.15) is 0 Å². The Morgan fingerprint density at radius 1 is 1.23 bits per heavy atom. The number of ether oxygens (including phenoxy) is 1. The third-order valence-corrected chi connectivity index (χ3v) is 4.86. The minimum absolute atomic E-state index is 0.0234. The Hall–Kier alpha value is -2.64. The Balaban J connectivity index is 1.63. The van der Waals surface area contributed by atoms with Crippen LogP contribution in [0.5, 0.6) is 5.75 Å². The van der Waals surface area contributed by atoms with Gasteiger partial charge in [0.15, 0.2) is 5.78 Å². The highest BCUT2D eigenvalue weighted by molar-refractivity contribution is 7.13. The van der Waals surface area contributed by atoms with Crippen LogP contribution in [0, 0.1) is 5.82 Å². The van der Waals surface area contributed by atoms with E-state index in [1.807, 2.05) is 5.38 Å². The van der Waals surface area contributed by atoms with Crippen LogP contribution >= 0.6 is 22.9 Å². The molecule has 0 fully saturated rings. The second-order valence-electron chi connectivity index (χ2n) is 5.54. The fourth-order valence-electron chi connectivity index (χ4n) is 2.58. The number of thiazole rings is 1. The van der Waals surface area contributed by atoms with E-state index in [-0.39, 0.29) is 23.8 Å². The number of halogens is 2. The number of nitrogens with zero attached hydrogens (tertiary/aromatic N) is 3. The number of aromatic nitrogens is 2. The average Bonchev–Trinajstić information content (AvgIpc) is 3.17. The van der Waals surface area contributed by atoms with Gasteiger partial charge in [0.2, 0.25) is 0 Å². The third-order valence-electron chi connectivity index (χ3n) is 3.79. The number of pyridine rings is 1. The molecule has 26 heavy (non-hydrogen) atoms. The molecule has 0 spiro atoms. The molecule has 3 aromatic rings. The Morgan fingerprint density at radius 3 is 2.88 bits per heavy atom. The molecule has 8 heteroatoms. The molecule has 5 nitrogen and oxygen atoms in total. The van der Waals surface area contributed by atoms with Crippen LogP contribution < -0.4 is 4.74 Å². The molecule has 4 rings (SSSR count). The number of rotatable bonds is 4. The highest BCUT2D eigenvalue weighted by atomic mass is 35.5. The van der Waals surface area contributed by atoms with Crippen molar-refractivity contribution < 1.29 is 13.9 Å². The minimum atomic E-state index is -0.516. The van der Waals surface area contributed by atoms with Crippen LogP contribution in [0.25, 0.3) is 10.7 Å². The van der Waals surface area contributed by atoms with Gasteiger partial charge in [-0.1, -0.05) is 11.6 Å². The van der Waals surface area contributed by atoms with Gasteiger partial charge in [0.05, 0.1) is 17.2 Å². The Morgan fingerprint density at radius 2 is 2.12 bits per heavy atom. The SMILES string of the molecule is O=C1CC(COc2ccc(F)c(Cl)c2)=Nc2c1ccnc2-c1nccs1. The largest absolute Gasteiger partial charge is 0.488 e. The molecule has 0 N–H and O–H groups in total. The molecule has 1 aliphatic rings. The number of hydrogen-bond donors (Lipinski definition) is 0. The van der Waals surface area contributed by atoms with Gasteiger partial charge in [0.25, 0.3) is 0 Å². The second-order valence-corrected chi connectivity index (χ2v) is 6.84. The maximum Gasteiger partial charge on any atom is 0.170 e. The van der Waals surface area contributed by atoms with Gasteiger partial charge in [-0.25, -0.2) is 9.37 Å². The maximum absolute atomic E-state index is 13.2. The van der Waals surface area contributed by atoms with Crippen molar-refractivity contribution in [3.63, 3.8) is 0 Å². The number of hydrogen-bond acceptors (Lipinski definition) is 6. The summed E-state index contributed by atoms with van der Waals surface area (Å²) >= 11 is 7.18. The van der Waals surface area contributed by atoms with Crippen LogP contribution in [0.15, 0.2) is 47.0 Å². The Kier molecular flexibility index (Phi) is 4.48. The first-order valence-electron chi connectivity index (χ1n) is 7.68. The lowest BCUT2D eigenvalue weighted by Crippen LogP contribution is -2.20. The van der Waals surface area contributed by atoms with E-state index >= 15 is 0 Å².